The quantitative estimate of drug-likeness (QED) is 0.645. The first-order valence-electron chi connectivity index (χ1n) is 5.24. The minimum atomic E-state index is -0.307. The minimum absolute atomic E-state index is 0.0239. The molecule has 0 aliphatic heterocycles. The van der Waals surface area contributed by atoms with Crippen molar-refractivity contribution in [2.45, 2.75) is 19.4 Å². The second-order valence-corrected chi connectivity index (χ2v) is 4.60. The summed E-state index contributed by atoms with van der Waals surface area (Å²) in [6.45, 7) is 1.94. The number of nitrogens with two attached hydrogens (primary N) is 1. The largest absolute Gasteiger partial charge is 0.346 e. The Morgan fingerprint density at radius 2 is 2.12 bits per heavy atom. The number of hydrogen-bond acceptors (Lipinski definition) is 4. The first-order chi connectivity index (χ1) is 7.52. The summed E-state index contributed by atoms with van der Waals surface area (Å²) < 4.78 is 0. The van der Waals surface area contributed by atoms with Gasteiger partial charge in [-0.3, -0.25) is 9.59 Å². The summed E-state index contributed by atoms with van der Waals surface area (Å²) in [4.78, 5) is 24.2. The molecule has 0 fully saturated rings. The van der Waals surface area contributed by atoms with Crippen molar-refractivity contribution in [1.82, 2.24) is 10.2 Å². The monoisotopic (exact) mass is 247 g/mol. The number of hydrogen-bond donors (Lipinski definition) is 2. The highest BCUT2D eigenvalue weighted by atomic mass is 32.2. The highest BCUT2D eigenvalue weighted by Gasteiger charge is 2.15. The molecule has 1 atom stereocenters. The molecular formula is C10H21N3O2S. The predicted molar refractivity (Wildman–Crippen MR) is 67.3 cm³/mol. The summed E-state index contributed by atoms with van der Waals surface area (Å²) >= 11 is 1.76. The normalized spacial score (nSPS) is 12.0. The van der Waals surface area contributed by atoms with Gasteiger partial charge in [0.05, 0.1) is 13.1 Å². The van der Waals surface area contributed by atoms with E-state index in [-0.39, 0.29) is 30.9 Å². The molecule has 3 N–H and O–H groups in total. The number of carbonyl (C=O) groups is 2. The van der Waals surface area contributed by atoms with Crippen LogP contribution in [0.5, 0.6) is 0 Å². The van der Waals surface area contributed by atoms with Crippen LogP contribution in [0.2, 0.25) is 0 Å². The van der Waals surface area contributed by atoms with E-state index in [0.717, 1.165) is 12.2 Å². The molecule has 0 bridgehead atoms. The lowest BCUT2D eigenvalue weighted by molar-refractivity contribution is -0.133. The van der Waals surface area contributed by atoms with Crippen LogP contribution in [0.3, 0.4) is 0 Å². The van der Waals surface area contributed by atoms with Crippen LogP contribution in [0, 0.1) is 0 Å². The predicted octanol–water partition coefficient (Wildman–Crippen LogP) is -0.339. The molecule has 94 valence electrons. The minimum Gasteiger partial charge on any atom is -0.346 e. The van der Waals surface area contributed by atoms with Crippen LogP contribution in [0.1, 0.15) is 13.3 Å². The third-order valence-electron chi connectivity index (χ3n) is 2.42. The van der Waals surface area contributed by atoms with Crippen LogP contribution in [0.4, 0.5) is 0 Å². The van der Waals surface area contributed by atoms with Crippen LogP contribution in [0.15, 0.2) is 0 Å². The molecule has 0 saturated heterocycles. The van der Waals surface area contributed by atoms with Gasteiger partial charge in [-0.1, -0.05) is 0 Å². The maximum Gasteiger partial charge on any atom is 0.241 e. The fourth-order valence-corrected chi connectivity index (χ4v) is 1.68. The Kier molecular flexibility index (Phi) is 8.01. The first kappa shape index (κ1) is 15.2. The fourth-order valence-electron chi connectivity index (χ4n) is 1.10. The van der Waals surface area contributed by atoms with Crippen LogP contribution in [-0.4, -0.2) is 54.9 Å². The maximum atomic E-state index is 11.6. The number of nitrogens with zero attached hydrogens (tertiary/aromatic N) is 1. The Morgan fingerprint density at radius 1 is 1.50 bits per heavy atom. The van der Waals surface area contributed by atoms with Crippen LogP contribution >= 0.6 is 11.8 Å². The summed E-state index contributed by atoms with van der Waals surface area (Å²) in [5.41, 5.74) is 5.12. The molecule has 2 amide bonds. The molecule has 0 rings (SSSR count). The fraction of sp³-hybridized carbons (Fsp3) is 0.800. The van der Waals surface area contributed by atoms with Crippen molar-refractivity contribution in [2.75, 3.05) is 32.1 Å². The maximum absolute atomic E-state index is 11.6. The van der Waals surface area contributed by atoms with Gasteiger partial charge < -0.3 is 16.0 Å². The lowest BCUT2D eigenvalue weighted by atomic mass is 10.2. The summed E-state index contributed by atoms with van der Waals surface area (Å²) in [6, 6.07) is 0.190. The second-order valence-electron chi connectivity index (χ2n) is 3.62. The number of rotatable bonds is 7. The van der Waals surface area contributed by atoms with E-state index in [1.807, 2.05) is 13.2 Å². The molecule has 0 aliphatic rings. The first-order valence-corrected chi connectivity index (χ1v) is 6.63. The Morgan fingerprint density at radius 3 is 2.62 bits per heavy atom. The third-order valence-corrected chi connectivity index (χ3v) is 3.06. The number of amides is 2. The Hall–Kier alpha value is -0.750. The van der Waals surface area contributed by atoms with E-state index in [9.17, 15) is 9.59 Å². The average molecular weight is 247 g/mol. The van der Waals surface area contributed by atoms with Crippen LogP contribution in [-0.2, 0) is 9.59 Å². The lowest BCUT2D eigenvalue weighted by Gasteiger charge is -2.24. The smallest absolute Gasteiger partial charge is 0.241 e. The molecule has 0 saturated carbocycles. The molecular weight excluding hydrogens is 226 g/mol. The van der Waals surface area contributed by atoms with Gasteiger partial charge in [0.15, 0.2) is 0 Å². The molecule has 0 aromatic rings. The van der Waals surface area contributed by atoms with E-state index in [2.05, 4.69) is 5.32 Å². The van der Waals surface area contributed by atoms with E-state index >= 15 is 0 Å². The molecule has 1 unspecified atom stereocenters. The van der Waals surface area contributed by atoms with Gasteiger partial charge in [-0.2, -0.15) is 11.8 Å². The van der Waals surface area contributed by atoms with Crippen molar-refractivity contribution in [3.8, 4) is 0 Å². The molecule has 5 nitrogen and oxygen atoms in total. The van der Waals surface area contributed by atoms with Crippen molar-refractivity contribution in [2.24, 2.45) is 5.73 Å². The highest BCUT2D eigenvalue weighted by molar-refractivity contribution is 7.98. The van der Waals surface area contributed by atoms with Gasteiger partial charge >= 0.3 is 0 Å². The van der Waals surface area contributed by atoms with E-state index in [1.54, 1.807) is 23.7 Å². The summed E-state index contributed by atoms with van der Waals surface area (Å²) in [6.07, 6.45) is 2.99. The Bertz CT molecular complexity index is 236. The second kappa shape index (κ2) is 8.41. The van der Waals surface area contributed by atoms with E-state index in [1.165, 1.54) is 0 Å². The summed E-state index contributed by atoms with van der Waals surface area (Å²) in [7, 11) is 1.75. The van der Waals surface area contributed by atoms with Crippen molar-refractivity contribution in [3.05, 3.63) is 0 Å². The molecule has 0 aliphatic carbocycles. The van der Waals surface area contributed by atoms with Gasteiger partial charge in [0.2, 0.25) is 11.8 Å². The molecule has 0 spiro atoms. The zero-order valence-corrected chi connectivity index (χ0v) is 11.0. The standard InChI is InChI=1S/C10H21N3O2S/c1-8(4-5-16-3)13(2)10(15)7-12-9(14)6-11/h8H,4-7,11H2,1-3H3,(H,12,14). The van der Waals surface area contributed by atoms with Crippen LogP contribution < -0.4 is 11.1 Å². The third kappa shape index (κ3) is 5.97. The van der Waals surface area contributed by atoms with Gasteiger partial charge in [-0.15, -0.1) is 0 Å². The number of carbonyl (C=O) groups excluding carboxylic acids is 2. The Balaban J connectivity index is 3.92. The molecule has 0 aromatic carbocycles. The van der Waals surface area contributed by atoms with Gasteiger partial charge in [-0.05, 0) is 25.4 Å². The molecule has 0 radical (unpaired) electrons. The van der Waals surface area contributed by atoms with Gasteiger partial charge in [0, 0.05) is 13.1 Å². The lowest BCUT2D eigenvalue weighted by Crippen LogP contribution is -2.43. The molecule has 0 heterocycles. The van der Waals surface area contributed by atoms with Crippen LogP contribution in [0.25, 0.3) is 0 Å². The van der Waals surface area contributed by atoms with Crippen molar-refractivity contribution < 1.29 is 9.59 Å². The zero-order valence-electron chi connectivity index (χ0n) is 10.2. The van der Waals surface area contributed by atoms with Gasteiger partial charge in [-0.25, -0.2) is 0 Å². The van der Waals surface area contributed by atoms with Crippen molar-refractivity contribution >= 4 is 23.6 Å². The van der Waals surface area contributed by atoms with Gasteiger partial charge in [0.25, 0.3) is 0 Å². The molecule has 16 heavy (non-hydrogen) atoms. The van der Waals surface area contributed by atoms with E-state index < -0.39 is 0 Å². The average Bonchev–Trinajstić information content (AvgIpc) is 2.31. The van der Waals surface area contributed by atoms with E-state index in [4.69, 9.17) is 5.73 Å². The number of nitrogens with one attached hydrogen (secondary N) is 1. The SMILES string of the molecule is CSCCC(C)N(C)C(=O)CNC(=O)CN. The Labute approximate surface area is 101 Å². The summed E-state index contributed by atoms with van der Waals surface area (Å²) in [5.74, 6) is 0.627. The number of thioether (sulfide) groups is 1. The van der Waals surface area contributed by atoms with Crippen molar-refractivity contribution in [1.29, 1.82) is 0 Å². The topological polar surface area (TPSA) is 75.4 Å². The number of likely N-dealkylation sites (N-methyl/N-ethyl adjacent to an activating group) is 1. The van der Waals surface area contributed by atoms with Gasteiger partial charge in [0.1, 0.15) is 0 Å². The zero-order chi connectivity index (χ0) is 12.6. The summed E-state index contributed by atoms with van der Waals surface area (Å²) in [5, 5.41) is 2.46. The molecule has 6 heteroatoms. The highest BCUT2D eigenvalue weighted by Crippen LogP contribution is 2.05. The van der Waals surface area contributed by atoms with Crippen molar-refractivity contribution in [3.63, 3.8) is 0 Å². The molecule has 0 aromatic heterocycles. The van der Waals surface area contributed by atoms with E-state index in [0.29, 0.717) is 0 Å².